The summed E-state index contributed by atoms with van der Waals surface area (Å²) < 4.78 is 30.3. The molecule has 0 aliphatic rings. The molecule has 1 N–H and O–H groups in total. The fourth-order valence-electron chi connectivity index (χ4n) is 1.23. The molecular formula is C9H9N3O3S. The molecule has 6 nitrogen and oxygen atoms in total. The van der Waals surface area contributed by atoms with Crippen LogP contribution in [0, 0.1) is 0 Å². The third kappa shape index (κ3) is 1.82. The first kappa shape index (κ1) is 10.8. The van der Waals surface area contributed by atoms with Crippen molar-refractivity contribution in [3.05, 3.63) is 30.7 Å². The Hall–Kier alpha value is -1.73. The summed E-state index contributed by atoms with van der Waals surface area (Å²) in [6.07, 6.45) is 2.81. The van der Waals surface area contributed by atoms with Crippen molar-refractivity contribution in [3.8, 4) is 11.3 Å². The molecular weight excluding hydrogens is 230 g/mol. The van der Waals surface area contributed by atoms with Gasteiger partial charge in [-0.3, -0.25) is 0 Å². The van der Waals surface area contributed by atoms with Gasteiger partial charge in [0.05, 0.1) is 17.5 Å². The number of nitrogens with one attached hydrogen (secondary N) is 1. The van der Waals surface area contributed by atoms with Crippen LogP contribution in [0.4, 0.5) is 0 Å². The molecule has 84 valence electrons. The minimum atomic E-state index is -3.62. The minimum absolute atomic E-state index is 0.157. The van der Waals surface area contributed by atoms with Gasteiger partial charge in [-0.25, -0.2) is 13.1 Å². The maximum Gasteiger partial charge on any atom is 0.274 e. The number of aromatic nitrogens is 2. The van der Waals surface area contributed by atoms with Gasteiger partial charge in [-0.2, -0.15) is 10.2 Å². The lowest BCUT2D eigenvalue weighted by molar-refractivity contribution is 0.449. The van der Waals surface area contributed by atoms with E-state index < -0.39 is 10.0 Å². The molecule has 2 aromatic heterocycles. The highest BCUT2D eigenvalue weighted by Crippen LogP contribution is 2.25. The van der Waals surface area contributed by atoms with Crippen LogP contribution < -0.4 is 4.72 Å². The summed E-state index contributed by atoms with van der Waals surface area (Å²) in [6.45, 7) is 0. The van der Waals surface area contributed by atoms with Crippen LogP contribution in [-0.2, 0) is 10.0 Å². The Kier molecular flexibility index (Phi) is 2.71. The Balaban J connectivity index is 2.58. The first-order valence-corrected chi connectivity index (χ1v) is 5.92. The van der Waals surface area contributed by atoms with E-state index in [2.05, 4.69) is 14.9 Å². The second-order valence-electron chi connectivity index (χ2n) is 2.94. The summed E-state index contributed by atoms with van der Waals surface area (Å²) in [7, 11) is -2.30. The highest BCUT2D eigenvalue weighted by Gasteiger charge is 2.22. The summed E-state index contributed by atoms with van der Waals surface area (Å²) in [5.74, 6) is 0. The predicted molar refractivity (Wildman–Crippen MR) is 56.0 cm³/mol. The fraction of sp³-hybridized carbons (Fsp3) is 0.111. The molecule has 0 saturated carbocycles. The van der Waals surface area contributed by atoms with Gasteiger partial charge in [0.15, 0.2) is 0 Å². The Labute approximate surface area is 92.4 Å². The van der Waals surface area contributed by atoms with Gasteiger partial charge in [0.2, 0.25) is 5.09 Å². The number of sulfonamides is 1. The summed E-state index contributed by atoms with van der Waals surface area (Å²) in [5, 5.41) is 7.35. The van der Waals surface area contributed by atoms with E-state index in [-0.39, 0.29) is 5.09 Å². The smallest absolute Gasteiger partial charge is 0.274 e. The molecule has 7 heteroatoms. The zero-order chi connectivity index (χ0) is 11.6. The van der Waals surface area contributed by atoms with Crippen LogP contribution in [0.25, 0.3) is 11.3 Å². The maximum absolute atomic E-state index is 11.6. The molecule has 0 aliphatic carbocycles. The molecule has 0 unspecified atom stereocenters. The maximum atomic E-state index is 11.6. The Morgan fingerprint density at radius 2 is 2.19 bits per heavy atom. The topological polar surface area (TPSA) is 85.1 Å². The van der Waals surface area contributed by atoms with Crippen LogP contribution in [0.1, 0.15) is 0 Å². The van der Waals surface area contributed by atoms with E-state index >= 15 is 0 Å². The third-order valence-corrected chi connectivity index (χ3v) is 3.33. The van der Waals surface area contributed by atoms with E-state index in [1.165, 1.54) is 25.6 Å². The van der Waals surface area contributed by atoms with Gasteiger partial charge >= 0.3 is 0 Å². The molecule has 2 rings (SSSR count). The molecule has 0 spiro atoms. The standard InChI is InChI=1S/C9H9N3O3S/c1-10-16(13,14)9-7(4-6-15-9)8-3-2-5-11-12-8/h2-6,10H,1H3. The molecule has 0 bridgehead atoms. The van der Waals surface area contributed by atoms with Crippen LogP contribution in [-0.4, -0.2) is 25.7 Å². The number of hydrogen-bond acceptors (Lipinski definition) is 5. The van der Waals surface area contributed by atoms with Crippen molar-refractivity contribution in [1.82, 2.24) is 14.9 Å². The van der Waals surface area contributed by atoms with Gasteiger partial charge in [0.1, 0.15) is 0 Å². The Morgan fingerprint density at radius 3 is 2.81 bits per heavy atom. The normalized spacial score (nSPS) is 11.6. The SMILES string of the molecule is CNS(=O)(=O)c1occc1-c1cccnn1. The minimum Gasteiger partial charge on any atom is -0.451 e. The average molecular weight is 239 g/mol. The van der Waals surface area contributed by atoms with Gasteiger partial charge in [0.25, 0.3) is 10.0 Å². The molecule has 0 radical (unpaired) electrons. The summed E-state index contributed by atoms with van der Waals surface area (Å²) >= 11 is 0. The second kappa shape index (κ2) is 4.03. The first-order chi connectivity index (χ1) is 7.65. The van der Waals surface area contributed by atoms with Crippen molar-refractivity contribution in [2.75, 3.05) is 7.05 Å². The van der Waals surface area contributed by atoms with E-state index in [1.807, 2.05) is 0 Å². The summed E-state index contributed by atoms with van der Waals surface area (Å²) in [5.41, 5.74) is 0.840. The quantitative estimate of drug-likeness (QED) is 0.849. The number of furan rings is 1. The first-order valence-electron chi connectivity index (χ1n) is 4.44. The lowest BCUT2D eigenvalue weighted by Crippen LogP contribution is -2.18. The van der Waals surface area contributed by atoms with Crippen molar-refractivity contribution in [2.45, 2.75) is 5.09 Å². The van der Waals surface area contributed by atoms with E-state index in [0.29, 0.717) is 11.3 Å². The van der Waals surface area contributed by atoms with Gasteiger partial charge in [-0.1, -0.05) is 0 Å². The van der Waals surface area contributed by atoms with Crippen molar-refractivity contribution in [1.29, 1.82) is 0 Å². The van der Waals surface area contributed by atoms with Crippen molar-refractivity contribution >= 4 is 10.0 Å². The zero-order valence-corrected chi connectivity index (χ0v) is 9.23. The van der Waals surface area contributed by atoms with Gasteiger partial charge < -0.3 is 4.42 Å². The van der Waals surface area contributed by atoms with Crippen LogP contribution in [0.15, 0.2) is 40.2 Å². The van der Waals surface area contributed by atoms with E-state index in [1.54, 1.807) is 12.1 Å². The zero-order valence-electron chi connectivity index (χ0n) is 8.41. The van der Waals surface area contributed by atoms with Crippen molar-refractivity contribution in [3.63, 3.8) is 0 Å². The monoisotopic (exact) mass is 239 g/mol. The van der Waals surface area contributed by atoms with E-state index in [0.717, 1.165) is 0 Å². The van der Waals surface area contributed by atoms with Gasteiger partial charge in [-0.15, -0.1) is 0 Å². The molecule has 0 amide bonds. The van der Waals surface area contributed by atoms with Gasteiger partial charge in [-0.05, 0) is 25.2 Å². The number of nitrogens with zero attached hydrogens (tertiary/aromatic N) is 2. The Bertz CT molecular complexity index is 577. The lowest BCUT2D eigenvalue weighted by atomic mass is 10.2. The Morgan fingerprint density at radius 1 is 1.38 bits per heavy atom. The molecule has 0 atom stereocenters. The number of hydrogen-bond donors (Lipinski definition) is 1. The largest absolute Gasteiger partial charge is 0.451 e. The molecule has 0 aromatic carbocycles. The van der Waals surface area contributed by atoms with Crippen LogP contribution >= 0.6 is 0 Å². The fourth-order valence-corrected chi connectivity index (χ4v) is 2.06. The average Bonchev–Trinajstić information content (AvgIpc) is 2.80. The van der Waals surface area contributed by atoms with Crippen LogP contribution in [0.2, 0.25) is 0 Å². The summed E-state index contributed by atoms with van der Waals surface area (Å²) in [6, 6.07) is 4.87. The van der Waals surface area contributed by atoms with Crippen LogP contribution in [0.5, 0.6) is 0 Å². The molecule has 0 aliphatic heterocycles. The highest BCUT2D eigenvalue weighted by atomic mass is 32.2. The molecule has 2 aromatic rings. The van der Waals surface area contributed by atoms with Crippen LogP contribution in [0.3, 0.4) is 0 Å². The summed E-state index contributed by atoms with van der Waals surface area (Å²) in [4.78, 5) is 0. The number of rotatable bonds is 3. The second-order valence-corrected chi connectivity index (χ2v) is 4.72. The molecule has 16 heavy (non-hydrogen) atoms. The predicted octanol–water partition coefficient (Wildman–Crippen LogP) is 0.645. The van der Waals surface area contributed by atoms with Gasteiger partial charge in [0, 0.05) is 6.20 Å². The molecule has 0 saturated heterocycles. The lowest BCUT2D eigenvalue weighted by Gasteiger charge is -2.01. The molecule has 2 heterocycles. The van der Waals surface area contributed by atoms with E-state index in [9.17, 15) is 8.42 Å². The molecule has 0 fully saturated rings. The van der Waals surface area contributed by atoms with Crippen molar-refractivity contribution in [2.24, 2.45) is 0 Å². The van der Waals surface area contributed by atoms with Crippen molar-refractivity contribution < 1.29 is 12.8 Å². The van der Waals surface area contributed by atoms with E-state index in [4.69, 9.17) is 4.42 Å². The highest BCUT2D eigenvalue weighted by molar-refractivity contribution is 7.89. The third-order valence-electron chi connectivity index (χ3n) is 1.99.